The van der Waals surface area contributed by atoms with Gasteiger partial charge >= 0.3 is 0 Å². The average molecular weight is 272 g/mol. The fourth-order valence-electron chi connectivity index (χ4n) is 2.25. The molecule has 0 aromatic carbocycles. The number of nitrogens with one attached hydrogen (secondary N) is 1. The third-order valence-electron chi connectivity index (χ3n) is 3.85. The Morgan fingerprint density at radius 2 is 1.95 bits per heavy atom. The molecule has 0 spiro atoms. The number of ether oxygens (including phenoxy) is 1. The molecule has 1 atom stereocenters. The summed E-state index contributed by atoms with van der Waals surface area (Å²) in [5.74, 6) is -0.132. The molecule has 19 heavy (non-hydrogen) atoms. The number of nitrogens with two attached hydrogens (primary N) is 1. The molecule has 1 unspecified atom stereocenters. The van der Waals surface area contributed by atoms with Crippen molar-refractivity contribution in [1.82, 2.24) is 15.1 Å². The van der Waals surface area contributed by atoms with Crippen LogP contribution >= 0.6 is 0 Å². The van der Waals surface area contributed by atoms with E-state index in [1.807, 2.05) is 0 Å². The Bertz CT molecular complexity index is 284. The number of carbonyl (C=O) groups is 1. The van der Waals surface area contributed by atoms with Gasteiger partial charge in [0, 0.05) is 51.9 Å². The van der Waals surface area contributed by atoms with Crippen molar-refractivity contribution in [3.05, 3.63) is 0 Å². The molecule has 6 heteroatoms. The minimum absolute atomic E-state index is 0.0518. The highest BCUT2D eigenvalue weighted by Gasteiger charge is 2.30. The molecule has 0 aromatic heterocycles. The second-order valence-corrected chi connectivity index (χ2v) is 5.78. The van der Waals surface area contributed by atoms with Gasteiger partial charge in [0.1, 0.15) is 6.10 Å². The number of hydrogen-bond acceptors (Lipinski definition) is 5. The van der Waals surface area contributed by atoms with Crippen molar-refractivity contribution in [2.75, 3.05) is 53.4 Å². The van der Waals surface area contributed by atoms with Crippen LogP contribution in [0.15, 0.2) is 0 Å². The second-order valence-electron chi connectivity index (χ2n) is 5.78. The van der Waals surface area contributed by atoms with Crippen molar-refractivity contribution >= 4 is 5.91 Å². The van der Waals surface area contributed by atoms with Crippen LogP contribution in [0.25, 0.3) is 0 Å². The van der Waals surface area contributed by atoms with E-state index in [2.05, 4.69) is 36.0 Å². The minimum atomic E-state index is -0.553. The normalized spacial score (nSPS) is 20.3. The number of amides is 1. The van der Waals surface area contributed by atoms with Crippen LogP contribution in [-0.2, 0) is 9.53 Å². The van der Waals surface area contributed by atoms with E-state index in [1.54, 1.807) is 0 Å². The van der Waals surface area contributed by atoms with E-state index in [-0.39, 0.29) is 18.0 Å². The lowest BCUT2D eigenvalue weighted by atomic mass is 10.0. The summed E-state index contributed by atoms with van der Waals surface area (Å²) in [6.07, 6.45) is -0.553. The van der Waals surface area contributed by atoms with Gasteiger partial charge in [-0.2, -0.15) is 0 Å². The van der Waals surface area contributed by atoms with Crippen LogP contribution in [0.2, 0.25) is 0 Å². The SMILES string of the molecule is COC(CN)C(=O)NCC(C)(C)N1CCN(C)CC1. The fraction of sp³-hybridized carbons (Fsp3) is 0.923. The van der Waals surface area contributed by atoms with Gasteiger partial charge in [0.2, 0.25) is 0 Å². The number of carbonyl (C=O) groups excluding carboxylic acids is 1. The van der Waals surface area contributed by atoms with E-state index in [4.69, 9.17) is 10.5 Å². The third kappa shape index (κ3) is 4.72. The van der Waals surface area contributed by atoms with Crippen molar-refractivity contribution in [2.24, 2.45) is 5.73 Å². The van der Waals surface area contributed by atoms with Crippen LogP contribution in [0, 0.1) is 0 Å². The van der Waals surface area contributed by atoms with Gasteiger partial charge in [-0.15, -0.1) is 0 Å². The molecular formula is C13H28N4O2. The van der Waals surface area contributed by atoms with E-state index >= 15 is 0 Å². The van der Waals surface area contributed by atoms with Gasteiger partial charge in [-0.1, -0.05) is 0 Å². The first-order chi connectivity index (χ1) is 8.90. The van der Waals surface area contributed by atoms with Gasteiger partial charge in [-0.25, -0.2) is 0 Å². The molecule has 0 aliphatic carbocycles. The average Bonchev–Trinajstić information content (AvgIpc) is 2.38. The topological polar surface area (TPSA) is 70.8 Å². The standard InChI is InChI=1S/C13H28N4O2/c1-13(2,17-7-5-16(3)6-8-17)10-15-12(18)11(9-14)19-4/h11H,5-10,14H2,1-4H3,(H,15,18). The maximum Gasteiger partial charge on any atom is 0.250 e. The Labute approximate surface area is 116 Å². The number of hydrogen-bond donors (Lipinski definition) is 2. The Balaban J connectivity index is 2.44. The molecule has 1 rings (SSSR count). The summed E-state index contributed by atoms with van der Waals surface area (Å²) >= 11 is 0. The van der Waals surface area contributed by atoms with E-state index in [1.165, 1.54) is 7.11 Å². The molecule has 6 nitrogen and oxygen atoms in total. The smallest absolute Gasteiger partial charge is 0.250 e. The van der Waals surface area contributed by atoms with E-state index in [0.29, 0.717) is 6.54 Å². The van der Waals surface area contributed by atoms with Crippen molar-refractivity contribution in [2.45, 2.75) is 25.5 Å². The third-order valence-corrected chi connectivity index (χ3v) is 3.85. The Morgan fingerprint density at radius 1 is 1.37 bits per heavy atom. The first kappa shape index (κ1) is 16.4. The summed E-state index contributed by atoms with van der Waals surface area (Å²) in [7, 11) is 3.64. The molecule has 1 saturated heterocycles. The molecule has 112 valence electrons. The van der Waals surface area contributed by atoms with Crippen LogP contribution in [-0.4, -0.2) is 80.8 Å². The predicted molar refractivity (Wildman–Crippen MR) is 76.0 cm³/mol. The van der Waals surface area contributed by atoms with Crippen molar-refractivity contribution in [3.8, 4) is 0 Å². The predicted octanol–water partition coefficient (Wildman–Crippen LogP) is -0.898. The lowest BCUT2D eigenvalue weighted by Gasteiger charge is -2.43. The zero-order valence-electron chi connectivity index (χ0n) is 12.6. The number of methoxy groups -OCH3 is 1. The number of likely N-dealkylation sites (N-methyl/N-ethyl adjacent to an activating group) is 1. The Hall–Kier alpha value is -0.690. The second kappa shape index (κ2) is 7.19. The first-order valence-corrected chi connectivity index (χ1v) is 6.85. The molecule has 1 aliphatic heterocycles. The molecule has 1 heterocycles. The monoisotopic (exact) mass is 272 g/mol. The summed E-state index contributed by atoms with van der Waals surface area (Å²) in [5.41, 5.74) is 5.43. The summed E-state index contributed by atoms with van der Waals surface area (Å²) in [6.45, 7) is 9.33. The van der Waals surface area contributed by atoms with Gasteiger partial charge in [-0.05, 0) is 20.9 Å². The van der Waals surface area contributed by atoms with Gasteiger partial charge in [0.05, 0.1) is 0 Å². The lowest BCUT2D eigenvalue weighted by Crippen LogP contribution is -2.58. The zero-order valence-corrected chi connectivity index (χ0v) is 12.6. The maximum absolute atomic E-state index is 11.8. The zero-order chi connectivity index (χ0) is 14.5. The number of nitrogens with zero attached hydrogens (tertiary/aromatic N) is 2. The summed E-state index contributed by atoms with van der Waals surface area (Å²) in [5, 5.41) is 2.93. The molecule has 0 aromatic rings. The van der Waals surface area contributed by atoms with Gasteiger partial charge in [0.25, 0.3) is 5.91 Å². The highest BCUT2D eigenvalue weighted by atomic mass is 16.5. The van der Waals surface area contributed by atoms with Gasteiger partial charge < -0.3 is 20.7 Å². The number of rotatable bonds is 6. The molecule has 1 aliphatic rings. The fourth-order valence-corrected chi connectivity index (χ4v) is 2.25. The Kier molecular flexibility index (Phi) is 6.19. The quantitative estimate of drug-likeness (QED) is 0.656. The lowest BCUT2D eigenvalue weighted by molar-refractivity contribution is -0.131. The molecular weight excluding hydrogens is 244 g/mol. The molecule has 3 N–H and O–H groups in total. The highest BCUT2D eigenvalue weighted by molar-refractivity contribution is 5.81. The molecule has 0 radical (unpaired) electrons. The first-order valence-electron chi connectivity index (χ1n) is 6.85. The van der Waals surface area contributed by atoms with Crippen LogP contribution in [0.1, 0.15) is 13.8 Å². The largest absolute Gasteiger partial charge is 0.370 e. The highest BCUT2D eigenvalue weighted by Crippen LogP contribution is 2.15. The van der Waals surface area contributed by atoms with Crippen molar-refractivity contribution in [3.63, 3.8) is 0 Å². The minimum Gasteiger partial charge on any atom is -0.370 e. The van der Waals surface area contributed by atoms with Crippen LogP contribution in [0.3, 0.4) is 0 Å². The van der Waals surface area contributed by atoms with Crippen LogP contribution < -0.4 is 11.1 Å². The Morgan fingerprint density at radius 3 is 2.42 bits per heavy atom. The van der Waals surface area contributed by atoms with E-state index < -0.39 is 6.10 Å². The molecule has 1 amide bonds. The maximum atomic E-state index is 11.8. The van der Waals surface area contributed by atoms with Crippen molar-refractivity contribution < 1.29 is 9.53 Å². The van der Waals surface area contributed by atoms with E-state index in [0.717, 1.165) is 26.2 Å². The summed E-state index contributed by atoms with van der Waals surface area (Å²) in [6, 6.07) is 0. The van der Waals surface area contributed by atoms with Crippen molar-refractivity contribution in [1.29, 1.82) is 0 Å². The molecule has 0 saturated carbocycles. The van der Waals surface area contributed by atoms with E-state index in [9.17, 15) is 4.79 Å². The summed E-state index contributed by atoms with van der Waals surface area (Å²) < 4.78 is 5.03. The van der Waals surface area contributed by atoms with Gasteiger partial charge in [0.15, 0.2) is 0 Å². The van der Waals surface area contributed by atoms with Crippen LogP contribution in [0.5, 0.6) is 0 Å². The molecule has 0 bridgehead atoms. The molecule has 1 fully saturated rings. The number of piperazine rings is 1. The van der Waals surface area contributed by atoms with Gasteiger partial charge in [-0.3, -0.25) is 9.69 Å². The van der Waals surface area contributed by atoms with Crippen LogP contribution in [0.4, 0.5) is 0 Å². The summed E-state index contributed by atoms with van der Waals surface area (Å²) in [4.78, 5) is 16.6.